The highest BCUT2D eigenvalue weighted by molar-refractivity contribution is 5.70. The lowest BCUT2D eigenvalue weighted by molar-refractivity contribution is -0.145. The molecule has 2 aliphatic heterocycles. The first kappa shape index (κ1) is 17.8. The summed E-state index contributed by atoms with van der Waals surface area (Å²) >= 11 is 0. The Kier molecular flexibility index (Phi) is 4.51. The number of ether oxygens (including phenoxy) is 1. The molecule has 0 bridgehead atoms. The quantitative estimate of drug-likeness (QED) is 0.880. The Morgan fingerprint density at radius 2 is 2.04 bits per heavy atom. The number of aromatic nitrogens is 2. The molecule has 2 fully saturated rings. The van der Waals surface area contributed by atoms with Gasteiger partial charge in [0.1, 0.15) is 11.4 Å². The van der Waals surface area contributed by atoms with Crippen molar-refractivity contribution < 1.29 is 22.7 Å². The maximum atomic E-state index is 13.1. The molecular formula is C16H21F3N4O2. The number of carbonyl (C=O) groups excluding carboxylic acids is 1. The van der Waals surface area contributed by atoms with Crippen LogP contribution in [0.2, 0.25) is 0 Å². The molecule has 3 heterocycles. The van der Waals surface area contributed by atoms with E-state index in [1.165, 1.54) is 0 Å². The Hall–Kier alpha value is -2.06. The second kappa shape index (κ2) is 6.34. The van der Waals surface area contributed by atoms with Gasteiger partial charge < -0.3 is 15.0 Å². The van der Waals surface area contributed by atoms with Crippen LogP contribution < -0.4 is 10.2 Å². The second-order valence-electron chi connectivity index (χ2n) is 6.89. The highest BCUT2D eigenvalue weighted by Crippen LogP contribution is 2.33. The van der Waals surface area contributed by atoms with Crippen LogP contribution in [0.25, 0.3) is 0 Å². The number of rotatable bonds is 2. The van der Waals surface area contributed by atoms with E-state index in [0.717, 1.165) is 0 Å². The number of hydrogen-bond acceptors (Lipinski definition) is 5. The molecule has 2 aliphatic rings. The zero-order valence-electron chi connectivity index (χ0n) is 14.2. The van der Waals surface area contributed by atoms with Gasteiger partial charge in [0.15, 0.2) is 0 Å². The van der Waals surface area contributed by atoms with Gasteiger partial charge in [-0.3, -0.25) is 0 Å². The molecule has 0 radical (unpaired) electrons. The SMILES string of the molecule is CC(C)c1cc(N2CCC[C@]3(CC2)CNC(=O)O3)nc(C(F)(F)F)n1. The van der Waals surface area contributed by atoms with E-state index in [1.54, 1.807) is 19.9 Å². The topological polar surface area (TPSA) is 67.4 Å². The normalized spacial score (nSPS) is 24.4. The van der Waals surface area contributed by atoms with E-state index in [1.807, 2.05) is 4.90 Å². The van der Waals surface area contributed by atoms with Crippen molar-refractivity contribution in [3.05, 3.63) is 17.6 Å². The molecule has 1 aromatic heterocycles. The summed E-state index contributed by atoms with van der Waals surface area (Å²) in [6, 6.07) is 1.62. The minimum absolute atomic E-state index is 0.138. The largest absolute Gasteiger partial charge is 0.451 e. The Morgan fingerprint density at radius 3 is 2.64 bits per heavy atom. The van der Waals surface area contributed by atoms with Gasteiger partial charge in [-0.25, -0.2) is 14.8 Å². The van der Waals surface area contributed by atoms with Gasteiger partial charge in [-0.05, 0) is 18.8 Å². The summed E-state index contributed by atoms with van der Waals surface area (Å²) in [5, 5.41) is 2.66. The summed E-state index contributed by atoms with van der Waals surface area (Å²) in [5.74, 6) is -0.969. The number of nitrogens with zero attached hydrogens (tertiary/aromatic N) is 3. The maximum absolute atomic E-state index is 13.1. The summed E-state index contributed by atoms with van der Waals surface area (Å²) in [7, 11) is 0. The standard InChI is InChI=1S/C16H21F3N4O2/c1-10(2)11-8-12(22-13(21-11)16(17,18)19)23-6-3-4-15(5-7-23)9-20-14(24)25-15/h8,10H,3-7,9H2,1-2H3,(H,20,24)/t15-/m0/s1. The van der Waals surface area contributed by atoms with E-state index in [4.69, 9.17) is 4.74 Å². The molecule has 1 amide bonds. The fourth-order valence-corrected chi connectivity index (χ4v) is 3.21. The molecular weight excluding hydrogens is 337 g/mol. The number of anilines is 1. The minimum Gasteiger partial charge on any atom is -0.441 e. The first-order valence-electron chi connectivity index (χ1n) is 8.36. The Bertz CT molecular complexity index is 665. The first-order valence-corrected chi connectivity index (χ1v) is 8.36. The summed E-state index contributed by atoms with van der Waals surface area (Å²) in [6.45, 7) is 5.07. The van der Waals surface area contributed by atoms with Crippen molar-refractivity contribution in [1.82, 2.24) is 15.3 Å². The molecule has 0 aliphatic carbocycles. The van der Waals surface area contributed by atoms with Crippen LogP contribution in [0.4, 0.5) is 23.8 Å². The van der Waals surface area contributed by atoms with E-state index in [2.05, 4.69) is 15.3 Å². The monoisotopic (exact) mass is 358 g/mol. The molecule has 0 aromatic carbocycles. The Labute approximate surface area is 143 Å². The van der Waals surface area contributed by atoms with Crippen molar-refractivity contribution in [3.8, 4) is 0 Å². The molecule has 6 nitrogen and oxygen atoms in total. The average molecular weight is 358 g/mol. The lowest BCUT2D eigenvalue weighted by Gasteiger charge is -2.26. The van der Waals surface area contributed by atoms with E-state index in [9.17, 15) is 18.0 Å². The number of alkyl halides is 3. The van der Waals surface area contributed by atoms with Crippen LogP contribution in [-0.2, 0) is 10.9 Å². The van der Waals surface area contributed by atoms with Crippen LogP contribution in [0.3, 0.4) is 0 Å². The third-order valence-electron chi connectivity index (χ3n) is 4.66. The highest BCUT2D eigenvalue weighted by Gasteiger charge is 2.42. The number of nitrogens with one attached hydrogen (secondary N) is 1. The zero-order chi connectivity index (χ0) is 18.2. The van der Waals surface area contributed by atoms with Crippen LogP contribution in [-0.4, -0.2) is 41.3 Å². The number of amides is 1. The van der Waals surface area contributed by atoms with Crippen molar-refractivity contribution in [2.45, 2.75) is 50.8 Å². The maximum Gasteiger partial charge on any atom is 0.451 e. The smallest absolute Gasteiger partial charge is 0.441 e. The molecule has 138 valence electrons. The molecule has 0 saturated carbocycles. The van der Waals surface area contributed by atoms with E-state index in [-0.39, 0.29) is 11.7 Å². The van der Waals surface area contributed by atoms with Crippen LogP contribution in [0.1, 0.15) is 50.5 Å². The van der Waals surface area contributed by atoms with Gasteiger partial charge in [0.05, 0.1) is 6.54 Å². The van der Waals surface area contributed by atoms with E-state index < -0.39 is 23.7 Å². The number of hydrogen-bond donors (Lipinski definition) is 1. The van der Waals surface area contributed by atoms with Crippen molar-refractivity contribution in [2.24, 2.45) is 0 Å². The third kappa shape index (κ3) is 3.80. The van der Waals surface area contributed by atoms with Crippen molar-refractivity contribution >= 4 is 11.9 Å². The lowest BCUT2D eigenvalue weighted by atomic mass is 9.95. The van der Waals surface area contributed by atoms with Gasteiger partial charge in [-0.1, -0.05) is 13.8 Å². The summed E-state index contributed by atoms with van der Waals surface area (Å²) in [4.78, 5) is 20.6. The second-order valence-corrected chi connectivity index (χ2v) is 6.89. The number of alkyl carbamates (subject to hydrolysis) is 1. The number of halogens is 3. The highest BCUT2D eigenvalue weighted by atomic mass is 19.4. The minimum atomic E-state index is -4.59. The molecule has 1 aromatic rings. The van der Waals surface area contributed by atoms with Gasteiger partial charge in [0.2, 0.25) is 5.82 Å². The molecule has 1 N–H and O–H groups in total. The molecule has 1 spiro atoms. The fraction of sp³-hybridized carbons (Fsp3) is 0.688. The molecule has 0 unspecified atom stereocenters. The van der Waals surface area contributed by atoms with Crippen LogP contribution in [0.15, 0.2) is 6.07 Å². The van der Waals surface area contributed by atoms with Gasteiger partial charge in [0, 0.05) is 31.3 Å². The van der Waals surface area contributed by atoms with Crippen molar-refractivity contribution in [2.75, 3.05) is 24.5 Å². The molecule has 9 heteroatoms. The molecule has 1 atom stereocenters. The first-order chi connectivity index (χ1) is 11.7. The predicted molar refractivity (Wildman–Crippen MR) is 84.4 cm³/mol. The average Bonchev–Trinajstić information content (AvgIpc) is 2.77. The Morgan fingerprint density at radius 1 is 1.28 bits per heavy atom. The van der Waals surface area contributed by atoms with E-state index in [0.29, 0.717) is 44.6 Å². The van der Waals surface area contributed by atoms with Gasteiger partial charge in [-0.2, -0.15) is 13.2 Å². The predicted octanol–water partition coefficient (Wildman–Crippen LogP) is 3.09. The van der Waals surface area contributed by atoms with Gasteiger partial charge >= 0.3 is 12.3 Å². The van der Waals surface area contributed by atoms with Crippen LogP contribution >= 0.6 is 0 Å². The Balaban J connectivity index is 1.86. The van der Waals surface area contributed by atoms with Gasteiger partial charge in [0.25, 0.3) is 0 Å². The zero-order valence-corrected chi connectivity index (χ0v) is 14.2. The fourth-order valence-electron chi connectivity index (χ4n) is 3.21. The summed E-state index contributed by atoms with van der Waals surface area (Å²) in [5.41, 5.74) is -0.197. The van der Waals surface area contributed by atoms with Crippen molar-refractivity contribution in [1.29, 1.82) is 0 Å². The third-order valence-corrected chi connectivity index (χ3v) is 4.66. The summed E-state index contributed by atoms with van der Waals surface area (Å²) in [6.07, 6.45) is -3.09. The van der Waals surface area contributed by atoms with E-state index >= 15 is 0 Å². The van der Waals surface area contributed by atoms with Crippen LogP contribution in [0, 0.1) is 0 Å². The molecule has 2 saturated heterocycles. The molecule has 3 rings (SSSR count). The van der Waals surface area contributed by atoms with Crippen molar-refractivity contribution in [3.63, 3.8) is 0 Å². The van der Waals surface area contributed by atoms with Crippen LogP contribution in [0.5, 0.6) is 0 Å². The molecule has 25 heavy (non-hydrogen) atoms. The van der Waals surface area contributed by atoms with Gasteiger partial charge in [-0.15, -0.1) is 0 Å². The number of carbonyl (C=O) groups is 1. The lowest BCUT2D eigenvalue weighted by Crippen LogP contribution is -2.35. The summed E-state index contributed by atoms with van der Waals surface area (Å²) < 4.78 is 44.8.